The van der Waals surface area contributed by atoms with Crippen LogP contribution in [0.15, 0.2) is 42.6 Å². The Morgan fingerprint density at radius 3 is 2.25 bits per heavy atom. The number of benzene rings is 1. The maximum absolute atomic E-state index is 13.1. The summed E-state index contributed by atoms with van der Waals surface area (Å²) in [6.45, 7) is 2.57. The summed E-state index contributed by atoms with van der Waals surface area (Å²) in [6, 6.07) is 9.76. The first-order valence-electron chi connectivity index (χ1n) is 8.12. The van der Waals surface area contributed by atoms with Gasteiger partial charge in [0.2, 0.25) is 0 Å². The molecule has 0 aliphatic rings. The Morgan fingerprint density at radius 1 is 1.25 bits per heavy atom. The van der Waals surface area contributed by atoms with E-state index in [1.807, 2.05) is 31.2 Å². The Balaban J connectivity index is 0. The van der Waals surface area contributed by atoms with Gasteiger partial charge in [0.1, 0.15) is 12.8 Å². The third-order valence-electron chi connectivity index (χ3n) is 3.98. The number of aromatic nitrogens is 1. The van der Waals surface area contributed by atoms with Gasteiger partial charge in [0.25, 0.3) is 0 Å². The van der Waals surface area contributed by atoms with Crippen LogP contribution in [0, 0.1) is 6.42 Å². The van der Waals surface area contributed by atoms with Gasteiger partial charge in [0.05, 0.1) is 17.6 Å². The average Bonchev–Trinajstić information content (AvgIpc) is 2.65. The molecule has 151 valence electrons. The van der Waals surface area contributed by atoms with Crippen molar-refractivity contribution in [1.29, 1.82) is 0 Å². The van der Waals surface area contributed by atoms with Gasteiger partial charge in [-0.15, -0.1) is 0 Å². The Labute approximate surface area is 206 Å². The zero-order valence-corrected chi connectivity index (χ0v) is 21.1. The standard InChI is InChI=1S/C19H23FN3O2.CH4.W.Y/c1-3-18(24)23-17(10-20)19(25)14-6-4-13(5-7-14)15-8-9-16(12(2)21)22-11-15;;;/h3-9,11-12,17,19,25H,10,21H2,1-2H3,(H,23,24);1H4;;/q-1;;;. The molecule has 3 unspecified atom stereocenters. The summed E-state index contributed by atoms with van der Waals surface area (Å²) in [4.78, 5) is 15.7. The molecule has 1 aromatic heterocycles. The Hall–Kier alpha value is -0.648. The third-order valence-corrected chi connectivity index (χ3v) is 3.98. The van der Waals surface area contributed by atoms with Crippen LogP contribution >= 0.6 is 0 Å². The van der Waals surface area contributed by atoms with Crippen molar-refractivity contribution in [3.05, 3.63) is 60.3 Å². The van der Waals surface area contributed by atoms with Gasteiger partial charge in [-0.3, -0.25) is 4.98 Å². The largest absolute Gasteiger partial charge is 0.386 e. The summed E-state index contributed by atoms with van der Waals surface area (Å²) >= 11 is 0. The molecule has 0 aliphatic carbocycles. The van der Waals surface area contributed by atoms with Crippen LogP contribution in [0.2, 0.25) is 0 Å². The van der Waals surface area contributed by atoms with Crippen LogP contribution in [-0.2, 0) is 58.6 Å². The molecule has 1 amide bonds. The molecule has 0 saturated heterocycles. The fourth-order valence-corrected chi connectivity index (χ4v) is 2.42. The number of carbonyl (C=O) groups is 1. The van der Waals surface area contributed by atoms with E-state index in [1.54, 1.807) is 25.3 Å². The summed E-state index contributed by atoms with van der Waals surface area (Å²) in [5, 5.41) is 12.7. The van der Waals surface area contributed by atoms with Gasteiger partial charge in [-0.2, -0.15) is 6.92 Å². The first-order valence-corrected chi connectivity index (χ1v) is 8.12. The van der Waals surface area contributed by atoms with Crippen LogP contribution in [-0.4, -0.2) is 28.7 Å². The fourth-order valence-electron chi connectivity index (χ4n) is 2.42. The molecule has 5 nitrogen and oxygen atoms in total. The number of halogens is 1. The number of aliphatic hydroxyl groups excluding tert-OH is 1. The second kappa shape index (κ2) is 14.4. The zero-order chi connectivity index (χ0) is 18.4. The molecule has 1 aromatic carbocycles. The van der Waals surface area contributed by atoms with E-state index in [-0.39, 0.29) is 67.2 Å². The van der Waals surface area contributed by atoms with Crippen LogP contribution in [0.3, 0.4) is 0 Å². The quantitative estimate of drug-likeness (QED) is 0.410. The number of alkyl halides is 1. The van der Waals surface area contributed by atoms with Crippen molar-refractivity contribution in [3.8, 4) is 11.1 Å². The maximum atomic E-state index is 13.1. The van der Waals surface area contributed by atoms with E-state index >= 15 is 0 Å². The molecule has 1 heterocycles. The minimum atomic E-state index is -1.12. The van der Waals surface area contributed by atoms with Crippen molar-refractivity contribution >= 4 is 5.91 Å². The molecule has 4 N–H and O–H groups in total. The van der Waals surface area contributed by atoms with E-state index < -0.39 is 24.7 Å². The molecule has 3 atom stereocenters. The summed E-state index contributed by atoms with van der Waals surface area (Å²) in [6.07, 6.45) is 1.91. The van der Waals surface area contributed by atoms with Gasteiger partial charge in [-0.05, 0) is 24.1 Å². The van der Waals surface area contributed by atoms with E-state index in [0.29, 0.717) is 5.56 Å². The smallest absolute Gasteiger partial charge is 0.112 e. The number of carbonyl (C=O) groups excluding carboxylic acids is 1. The van der Waals surface area contributed by atoms with Crippen molar-refractivity contribution in [2.75, 3.05) is 6.67 Å². The predicted octanol–water partition coefficient (Wildman–Crippen LogP) is 3.11. The molecule has 2 rings (SSSR count). The molecule has 1 radical (unpaired) electrons. The molecule has 0 fully saturated rings. The average molecular weight is 633 g/mol. The number of amides is 1. The van der Waals surface area contributed by atoms with Gasteiger partial charge in [0, 0.05) is 71.6 Å². The number of nitrogens with two attached hydrogens (primary N) is 1. The second-order valence-corrected chi connectivity index (χ2v) is 5.89. The van der Waals surface area contributed by atoms with Crippen molar-refractivity contribution in [3.63, 3.8) is 0 Å². The summed E-state index contributed by atoms with van der Waals surface area (Å²) < 4.78 is 13.1. The molecule has 8 heteroatoms. The molecular weight excluding hydrogens is 606 g/mol. The SMILES string of the molecule is C.C[CH-]C(=O)NC(CF)C(O)c1ccc(-c2ccc(C(C)N)nc2)cc1.[W].[Y]. The van der Waals surface area contributed by atoms with Crippen molar-refractivity contribution in [2.45, 2.75) is 39.5 Å². The minimum absolute atomic E-state index is 0. The topological polar surface area (TPSA) is 88.2 Å². The summed E-state index contributed by atoms with van der Waals surface area (Å²) in [7, 11) is 0. The third kappa shape index (κ3) is 8.00. The Kier molecular flexibility index (Phi) is 15.1. The number of aliphatic hydroxyl groups is 1. The minimum Gasteiger partial charge on any atom is -0.386 e. The monoisotopic (exact) mass is 633 g/mol. The number of hydrogen-bond acceptors (Lipinski definition) is 4. The number of pyridine rings is 1. The van der Waals surface area contributed by atoms with Gasteiger partial charge < -0.3 is 27.4 Å². The van der Waals surface area contributed by atoms with Crippen LogP contribution in [0.25, 0.3) is 11.1 Å². The normalized spacial score (nSPS) is 12.9. The van der Waals surface area contributed by atoms with Crippen molar-refractivity contribution in [2.24, 2.45) is 5.73 Å². The van der Waals surface area contributed by atoms with Gasteiger partial charge in [-0.1, -0.05) is 37.8 Å². The summed E-state index contributed by atoms with van der Waals surface area (Å²) in [5.41, 5.74) is 8.97. The Morgan fingerprint density at radius 2 is 1.82 bits per heavy atom. The van der Waals surface area contributed by atoms with Gasteiger partial charge in [-0.25, -0.2) is 4.39 Å². The molecule has 28 heavy (non-hydrogen) atoms. The number of rotatable bonds is 7. The van der Waals surface area contributed by atoms with Crippen LogP contribution in [0.1, 0.15) is 44.7 Å². The number of nitrogens with zero attached hydrogens (tertiary/aromatic N) is 1. The fraction of sp³-hybridized carbons (Fsp3) is 0.350. The van der Waals surface area contributed by atoms with Crippen LogP contribution in [0.5, 0.6) is 0 Å². The first kappa shape index (κ1) is 29.6. The first-order chi connectivity index (χ1) is 12.0. The Bertz CT molecular complexity index is 700. The van der Waals surface area contributed by atoms with Crippen LogP contribution in [0.4, 0.5) is 4.39 Å². The van der Waals surface area contributed by atoms with Crippen molar-refractivity contribution in [1.82, 2.24) is 10.3 Å². The summed E-state index contributed by atoms with van der Waals surface area (Å²) in [5.74, 6) is -0.418. The molecular formula is C20H27FN3O2WY-. The van der Waals surface area contributed by atoms with Gasteiger partial charge in [0.15, 0.2) is 0 Å². The zero-order valence-electron chi connectivity index (χ0n) is 15.3. The van der Waals surface area contributed by atoms with E-state index in [4.69, 9.17) is 5.73 Å². The van der Waals surface area contributed by atoms with E-state index in [2.05, 4.69) is 10.3 Å². The maximum Gasteiger partial charge on any atom is 0.112 e. The number of hydrogen-bond donors (Lipinski definition) is 3. The van der Waals surface area contributed by atoms with Crippen LogP contribution < -0.4 is 11.1 Å². The van der Waals surface area contributed by atoms with E-state index in [9.17, 15) is 14.3 Å². The molecule has 0 bridgehead atoms. The molecule has 0 aliphatic heterocycles. The van der Waals surface area contributed by atoms with E-state index in [1.165, 1.54) is 6.42 Å². The van der Waals surface area contributed by atoms with E-state index in [0.717, 1.165) is 16.8 Å². The second-order valence-electron chi connectivity index (χ2n) is 5.89. The van der Waals surface area contributed by atoms with Crippen molar-refractivity contribution < 1.29 is 68.1 Å². The molecule has 2 aromatic rings. The van der Waals surface area contributed by atoms with Gasteiger partial charge >= 0.3 is 0 Å². The predicted molar refractivity (Wildman–Crippen MR) is 102 cm³/mol. The molecule has 0 spiro atoms. The number of nitrogens with one attached hydrogen (secondary N) is 1. The molecule has 0 saturated carbocycles.